The predicted molar refractivity (Wildman–Crippen MR) is 62.7 cm³/mol. The fourth-order valence-corrected chi connectivity index (χ4v) is 0.768. The van der Waals surface area contributed by atoms with Crippen molar-refractivity contribution < 1.29 is 0 Å². The van der Waals surface area contributed by atoms with E-state index in [0.717, 1.165) is 11.1 Å². The molecule has 3 nitrogen and oxygen atoms in total. The summed E-state index contributed by atoms with van der Waals surface area (Å²) in [6.45, 7) is 7.32. The van der Waals surface area contributed by atoms with Gasteiger partial charge >= 0.3 is 0 Å². The van der Waals surface area contributed by atoms with Crippen LogP contribution in [0, 0.1) is 5.41 Å². The number of nitrogens with two attached hydrogens (primary N) is 2. The summed E-state index contributed by atoms with van der Waals surface area (Å²) in [7, 11) is 0. The molecule has 0 heterocycles. The summed E-state index contributed by atoms with van der Waals surface area (Å²) >= 11 is 0. The second kappa shape index (κ2) is 6.48. The summed E-state index contributed by atoms with van der Waals surface area (Å²) in [5, 5.41) is 6.06. The molecule has 0 atom stereocenters. The van der Waals surface area contributed by atoms with E-state index in [1.165, 1.54) is 0 Å². The molecule has 14 heavy (non-hydrogen) atoms. The minimum atomic E-state index is -0.333. The Bertz CT molecular complexity index is 281. The SMILES string of the molecule is C=Cc1ccc(C=C)cc1.N=C(N)N. The number of benzene rings is 1. The molecule has 0 radical (unpaired) electrons. The average Bonchev–Trinajstić information content (AvgIpc) is 2.17. The molecule has 0 fully saturated rings. The molecular formula is C11H15N3. The zero-order chi connectivity index (χ0) is 11.0. The second-order valence-corrected chi connectivity index (χ2v) is 2.53. The molecule has 0 unspecified atom stereocenters. The van der Waals surface area contributed by atoms with Gasteiger partial charge in [-0.05, 0) is 11.1 Å². The van der Waals surface area contributed by atoms with Crippen molar-refractivity contribution in [1.82, 2.24) is 0 Å². The molecule has 0 spiro atoms. The Morgan fingerprint density at radius 3 is 1.36 bits per heavy atom. The van der Waals surface area contributed by atoms with Gasteiger partial charge in [0.2, 0.25) is 0 Å². The Hall–Kier alpha value is -2.03. The molecule has 74 valence electrons. The van der Waals surface area contributed by atoms with Crippen LogP contribution in [0.4, 0.5) is 0 Å². The van der Waals surface area contributed by atoms with E-state index < -0.39 is 0 Å². The van der Waals surface area contributed by atoms with Gasteiger partial charge in [-0.15, -0.1) is 0 Å². The summed E-state index contributed by atoms with van der Waals surface area (Å²) < 4.78 is 0. The van der Waals surface area contributed by atoms with E-state index in [1.807, 2.05) is 36.4 Å². The molecule has 5 N–H and O–H groups in total. The van der Waals surface area contributed by atoms with Crippen LogP contribution in [-0.2, 0) is 0 Å². The monoisotopic (exact) mass is 189 g/mol. The van der Waals surface area contributed by atoms with Crippen LogP contribution in [-0.4, -0.2) is 5.96 Å². The van der Waals surface area contributed by atoms with Gasteiger partial charge in [-0.2, -0.15) is 0 Å². The van der Waals surface area contributed by atoms with E-state index in [4.69, 9.17) is 5.41 Å². The van der Waals surface area contributed by atoms with Gasteiger partial charge in [0.05, 0.1) is 0 Å². The Balaban J connectivity index is 0.000000364. The lowest BCUT2D eigenvalue weighted by atomic mass is 10.1. The molecule has 0 aliphatic carbocycles. The normalized spacial score (nSPS) is 8.00. The van der Waals surface area contributed by atoms with Crippen molar-refractivity contribution in [3.05, 3.63) is 48.6 Å². The largest absolute Gasteiger partial charge is 0.370 e. The van der Waals surface area contributed by atoms with E-state index in [2.05, 4.69) is 24.6 Å². The van der Waals surface area contributed by atoms with E-state index >= 15 is 0 Å². The molecule has 1 aromatic rings. The third kappa shape index (κ3) is 5.60. The predicted octanol–water partition coefficient (Wildman–Crippen LogP) is 1.81. The van der Waals surface area contributed by atoms with Gasteiger partial charge in [0.25, 0.3) is 0 Å². The zero-order valence-corrected chi connectivity index (χ0v) is 8.03. The first-order valence-corrected chi connectivity index (χ1v) is 4.04. The first-order valence-electron chi connectivity index (χ1n) is 4.04. The van der Waals surface area contributed by atoms with Crippen LogP contribution in [0.2, 0.25) is 0 Å². The minimum absolute atomic E-state index is 0.333. The summed E-state index contributed by atoms with van der Waals surface area (Å²) in [5.41, 5.74) is 11.2. The first-order chi connectivity index (χ1) is 6.60. The average molecular weight is 189 g/mol. The van der Waals surface area contributed by atoms with Crippen molar-refractivity contribution in [2.24, 2.45) is 11.5 Å². The zero-order valence-electron chi connectivity index (χ0n) is 8.03. The standard InChI is InChI=1S/C10H10.CH5N3/c1-3-9-5-7-10(4-2)8-6-9;2-1(3)4/h3-8H,1-2H2;(H5,2,3,4). The lowest BCUT2D eigenvalue weighted by molar-refractivity contribution is 1.39. The smallest absolute Gasteiger partial charge is 0.183 e. The quantitative estimate of drug-likeness (QED) is 0.490. The maximum atomic E-state index is 6.06. The highest BCUT2D eigenvalue weighted by atomic mass is 14.9. The fraction of sp³-hybridized carbons (Fsp3) is 0. The number of hydrogen-bond donors (Lipinski definition) is 3. The van der Waals surface area contributed by atoms with E-state index in [-0.39, 0.29) is 5.96 Å². The molecule has 0 aromatic heterocycles. The minimum Gasteiger partial charge on any atom is -0.370 e. The molecule has 0 aliphatic rings. The number of nitrogens with one attached hydrogen (secondary N) is 1. The molecule has 0 saturated carbocycles. The van der Waals surface area contributed by atoms with Crippen LogP contribution < -0.4 is 11.5 Å². The number of guanidine groups is 1. The Morgan fingerprint density at radius 1 is 1.00 bits per heavy atom. The molecular weight excluding hydrogens is 174 g/mol. The van der Waals surface area contributed by atoms with Gasteiger partial charge < -0.3 is 11.5 Å². The van der Waals surface area contributed by atoms with Gasteiger partial charge in [0.1, 0.15) is 0 Å². The highest BCUT2D eigenvalue weighted by Crippen LogP contribution is 2.05. The fourth-order valence-electron chi connectivity index (χ4n) is 0.768. The third-order valence-electron chi connectivity index (χ3n) is 1.41. The third-order valence-corrected chi connectivity index (χ3v) is 1.41. The summed E-state index contributed by atoms with van der Waals surface area (Å²) in [5.74, 6) is -0.333. The Morgan fingerprint density at radius 2 is 1.21 bits per heavy atom. The van der Waals surface area contributed by atoms with Crippen molar-refractivity contribution in [1.29, 1.82) is 5.41 Å². The molecule has 1 rings (SSSR count). The van der Waals surface area contributed by atoms with Crippen molar-refractivity contribution in [3.8, 4) is 0 Å². The van der Waals surface area contributed by atoms with Crippen molar-refractivity contribution in [2.75, 3.05) is 0 Å². The van der Waals surface area contributed by atoms with E-state index in [9.17, 15) is 0 Å². The van der Waals surface area contributed by atoms with Gasteiger partial charge in [0.15, 0.2) is 5.96 Å². The van der Waals surface area contributed by atoms with Crippen molar-refractivity contribution >= 4 is 18.1 Å². The topological polar surface area (TPSA) is 75.9 Å². The molecule has 0 bridgehead atoms. The molecule has 0 saturated heterocycles. The summed E-state index contributed by atoms with van der Waals surface area (Å²) in [6.07, 6.45) is 3.65. The van der Waals surface area contributed by atoms with Gasteiger partial charge in [0, 0.05) is 0 Å². The van der Waals surface area contributed by atoms with Gasteiger partial charge in [-0.25, -0.2) is 0 Å². The van der Waals surface area contributed by atoms with Gasteiger partial charge in [-0.1, -0.05) is 49.6 Å². The molecule has 3 heteroatoms. The van der Waals surface area contributed by atoms with E-state index in [1.54, 1.807) is 0 Å². The highest BCUT2D eigenvalue weighted by molar-refractivity contribution is 5.71. The van der Waals surface area contributed by atoms with Crippen LogP contribution in [0.25, 0.3) is 12.2 Å². The maximum Gasteiger partial charge on any atom is 0.183 e. The van der Waals surface area contributed by atoms with Crippen LogP contribution >= 0.6 is 0 Å². The molecule has 0 amide bonds. The lowest BCUT2D eigenvalue weighted by Gasteiger charge is -1.92. The molecule has 1 aromatic carbocycles. The maximum absolute atomic E-state index is 6.06. The van der Waals surface area contributed by atoms with Crippen molar-refractivity contribution in [2.45, 2.75) is 0 Å². The number of rotatable bonds is 2. The van der Waals surface area contributed by atoms with Crippen LogP contribution in [0.1, 0.15) is 11.1 Å². The second-order valence-electron chi connectivity index (χ2n) is 2.53. The van der Waals surface area contributed by atoms with E-state index in [0.29, 0.717) is 0 Å². The van der Waals surface area contributed by atoms with Crippen LogP contribution in [0.5, 0.6) is 0 Å². The van der Waals surface area contributed by atoms with Crippen molar-refractivity contribution in [3.63, 3.8) is 0 Å². The summed E-state index contributed by atoms with van der Waals surface area (Å²) in [4.78, 5) is 0. The van der Waals surface area contributed by atoms with Gasteiger partial charge in [-0.3, -0.25) is 5.41 Å². The molecule has 0 aliphatic heterocycles. The Kier molecular flexibility index (Phi) is 5.54. The number of hydrogen-bond acceptors (Lipinski definition) is 1. The lowest BCUT2D eigenvalue weighted by Crippen LogP contribution is -2.20. The summed E-state index contributed by atoms with van der Waals surface area (Å²) in [6, 6.07) is 8.07. The Labute approximate surface area is 84.2 Å². The van der Waals surface area contributed by atoms with Crippen LogP contribution in [0.3, 0.4) is 0 Å². The first kappa shape index (κ1) is 12.0. The van der Waals surface area contributed by atoms with Crippen LogP contribution in [0.15, 0.2) is 37.4 Å². The highest BCUT2D eigenvalue weighted by Gasteiger charge is 1.84.